The Morgan fingerprint density at radius 3 is 2.58 bits per heavy atom. The highest BCUT2D eigenvalue weighted by atomic mass is 35.5. The van der Waals surface area contributed by atoms with E-state index >= 15 is 0 Å². The number of fused-ring (bicyclic) bond motifs is 1. The van der Waals surface area contributed by atoms with Crippen LogP contribution in [-0.4, -0.2) is 28.5 Å². The Kier molecular flexibility index (Phi) is 5.56. The van der Waals surface area contributed by atoms with Crippen LogP contribution in [0.4, 0.5) is 5.69 Å². The molecule has 6 heteroatoms. The maximum absolute atomic E-state index is 12.4. The number of amides is 1. The molecule has 1 amide bonds. The predicted octanol–water partition coefficient (Wildman–Crippen LogP) is 3.23. The van der Waals surface area contributed by atoms with Crippen LogP contribution >= 0.6 is 12.4 Å². The van der Waals surface area contributed by atoms with E-state index in [9.17, 15) is 4.79 Å². The van der Waals surface area contributed by atoms with E-state index in [1.807, 2.05) is 25.2 Å². The molecular weight excluding hydrogens is 324 g/mol. The maximum atomic E-state index is 12.4. The molecule has 1 aromatic carbocycles. The number of imidazole rings is 1. The maximum Gasteiger partial charge on any atom is 0.227 e. The molecule has 0 spiro atoms. The summed E-state index contributed by atoms with van der Waals surface area (Å²) in [5, 5.41) is 6.34. The fourth-order valence-electron chi connectivity index (χ4n) is 3.28. The Hall–Kier alpha value is -1.59. The smallest absolute Gasteiger partial charge is 0.227 e. The summed E-state index contributed by atoms with van der Waals surface area (Å²) in [7, 11) is 2.04. The van der Waals surface area contributed by atoms with E-state index in [0.29, 0.717) is 0 Å². The molecule has 1 aliphatic rings. The summed E-state index contributed by atoms with van der Waals surface area (Å²) in [5.74, 6) is 1.29. The van der Waals surface area contributed by atoms with Crippen molar-refractivity contribution in [1.82, 2.24) is 14.9 Å². The van der Waals surface area contributed by atoms with Gasteiger partial charge in [0.1, 0.15) is 5.82 Å². The molecule has 2 heterocycles. The number of anilines is 1. The van der Waals surface area contributed by atoms with Gasteiger partial charge >= 0.3 is 0 Å². The van der Waals surface area contributed by atoms with Crippen LogP contribution in [0.3, 0.4) is 0 Å². The summed E-state index contributed by atoms with van der Waals surface area (Å²) in [6.07, 6.45) is 1.82. The minimum Gasteiger partial charge on any atom is -0.331 e. The molecule has 3 rings (SSSR count). The van der Waals surface area contributed by atoms with Gasteiger partial charge in [0.2, 0.25) is 5.91 Å². The van der Waals surface area contributed by atoms with Gasteiger partial charge in [0, 0.05) is 24.1 Å². The highest BCUT2D eigenvalue weighted by Gasteiger charge is 2.23. The molecule has 0 aliphatic carbocycles. The van der Waals surface area contributed by atoms with Gasteiger partial charge in [0.25, 0.3) is 0 Å². The molecule has 0 unspecified atom stereocenters. The molecule has 0 bridgehead atoms. The van der Waals surface area contributed by atoms with Crippen LogP contribution in [0, 0.1) is 5.92 Å². The third kappa shape index (κ3) is 3.73. The third-order valence-corrected chi connectivity index (χ3v) is 4.53. The van der Waals surface area contributed by atoms with Gasteiger partial charge in [-0.2, -0.15) is 0 Å². The molecule has 132 valence electrons. The van der Waals surface area contributed by atoms with E-state index in [1.165, 1.54) is 0 Å². The van der Waals surface area contributed by atoms with Crippen molar-refractivity contribution in [1.29, 1.82) is 0 Å². The number of piperidine rings is 1. The summed E-state index contributed by atoms with van der Waals surface area (Å²) >= 11 is 0. The normalized spacial score (nSPS) is 16.0. The second-order valence-electron chi connectivity index (χ2n) is 7.46. The van der Waals surface area contributed by atoms with Crippen molar-refractivity contribution in [2.45, 2.75) is 39.0 Å². The highest BCUT2D eigenvalue weighted by Crippen LogP contribution is 2.27. The quantitative estimate of drug-likeness (QED) is 0.874. The Labute approximate surface area is 149 Å². The number of halogens is 1. The first-order valence-corrected chi connectivity index (χ1v) is 8.35. The molecule has 1 aliphatic heterocycles. The lowest BCUT2D eigenvalue weighted by molar-refractivity contribution is -0.120. The fourth-order valence-corrected chi connectivity index (χ4v) is 3.28. The van der Waals surface area contributed by atoms with E-state index in [4.69, 9.17) is 4.98 Å². The summed E-state index contributed by atoms with van der Waals surface area (Å²) in [5.41, 5.74) is 2.85. The highest BCUT2D eigenvalue weighted by molar-refractivity contribution is 5.94. The number of hydrogen-bond acceptors (Lipinski definition) is 3. The number of aryl methyl sites for hydroxylation is 1. The van der Waals surface area contributed by atoms with Crippen LogP contribution in [0.2, 0.25) is 0 Å². The Bertz CT molecular complexity index is 726. The van der Waals surface area contributed by atoms with Gasteiger partial charge in [-0.1, -0.05) is 20.8 Å². The number of aromatic nitrogens is 2. The van der Waals surface area contributed by atoms with Gasteiger partial charge in [-0.05, 0) is 44.1 Å². The van der Waals surface area contributed by atoms with Crippen LogP contribution in [0.25, 0.3) is 11.0 Å². The van der Waals surface area contributed by atoms with Crippen LogP contribution in [-0.2, 0) is 17.3 Å². The van der Waals surface area contributed by atoms with Crippen molar-refractivity contribution in [2.24, 2.45) is 13.0 Å². The summed E-state index contributed by atoms with van der Waals surface area (Å²) in [6, 6.07) is 5.98. The van der Waals surface area contributed by atoms with Crippen molar-refractivity contribution in [3.8, 4) is 0 Å². The number of nitrogens with one attached hydrogen (secondary N) is 2. The summed E-state index contributed by atoms with van der Waals surface area (Å²) in [6.45, 7) is 8.33. The molecule has 2 aromatic rings. The molecule has 0 atom stereocenters. The summed E-state index contributed by atoms with van der Waals surface area (Å²) < 4.78 is 2.13. The first-order chi connectivity index (χ1) is 10.9. The largest absolute Gasteiger partial charge is 0.331 e. The van der Waals surface area contributed by atoms with Crippen molar-refractivity contribution in [3.63, 3.8) is 0 Å². The second-order valence-corrected chi connectivity index (χ2v) is 7.46. The zero-order valence-electron chi connectivity index (χ0n) is 14.8. The monoisotopic (exact) mass is 350 g/mol. The fraction of sp³-hybridized carbons (Fsp3) is 0.556. The van der Waals surface area contributed by atoms with Crippen LogP contribution in [0.15, 0.2) is 18.2 Å². The molecule has 1 aromatic heterocycles. The van der Waals surface area contributed by atoms with Crippen molar-refractivity contribution >= 4 is 35.0 Å². The van der Waals surface area contributed by atoms with Gasteiger partial charge in [-0.15, -0.1) is 12.4 Å². The van der Waals surface area contributed by atoms with E-state index < -0.39 is 0 Å². The van der Waals surface area contributed by atoms with Crippen molar-refractivity contribution in [2.75, 3.05) is 18.4 Å². The van der Waals surface area contributed by atoms with E-state index in [2.05, 4.69) is 36.0 Å². The van der Waals surface area contributed by atoms with Gasteiger partial charge in [0.05, 0.1) is 11.0 Å². The SMILES string of the molecule is Cl.Cn1c(C(C)(C)C)nc2cc(NC(=O)C3CCNCC3)ccc21. The Morgan fingerprint density at radius 1 is 1.29 bits per heavy atom. The number of rotatable bonds is 2. The Balaban J connectivity index is 0.00000208. The first kappa shape index (κ1) is 18.7. The van der Waals surface area contributed by atoms with E-state index in [-0.39, 0.29) is 29.6 Å². The topological polar surface area (TPSA) is 59.0 Å². The Morgan fingerprint density at radius 2 is 1.96 bits per heavy atom. The van der Waals surface area contributed by atoms with Crippen LogP contribution in [0.1, 0.15) is 39.4 Å². The predicted molar refractivity (Wildman–Crippen MR) is 101 cm³/mol. The number of carbonyl (C=O) groups excluding carboxylic acids is 1. The van der Waals surface area contributed by atoms with E-state index in [0.717, 1.165) is 48.5 Å². The van der Waals surface area contributed by atoms with E-state index in [1.54, 1.807) is 0 Å². The average Bonchev–Trinajstić information content (AvgIpc) is 2.85. The average molecular weight is 351 g/mol. The molecule has 5 nitrogen and oxygen atoms in total. The van der Waals surface area contributed by atoms with Crippen molar-refractivity contribution in [3.05, 3.63) is 24.0 Å². The lowest BCUT2D eigenvalue weighted by Crippen LogP contribution is -2.34. The van der Waals surface area contributed by atoms with Gasteiger partial charge in [-0.25, -0.2) is 4.98 Å². The second kappa shape index (κ2) is 7.11. The zero-order valence-corrected chi connectivity index (χ0v) is 15.7. The lowest BCUT2D eigenvalue weighted by Gasteiger charge is -2.21. The number of nitrogens with zero attached hydrogens (tertiary/aromatic N) is 2. The summed E-state index contributed by atoms with van der Waals surface area (Å²) in [4.78, 5) is 17.1. The third-order valence-electron chi connectivity index (χ3n) is 4.53. The molecule has 1 fully saturated rings. The molecule has 2 N–H and O–H groups in total. The molecule has 1 saturated heterocycles. The lowest BCUT2D eigenvalue weighted by atomic mass is 9.96. The number of hydrogen-bond donors (Lipinski definition) is 2. The first-order valence-electron chi connectivity index (χ1n) is 8.35. The molecular formula is C18H27ClN4O. The standard InChI is InChI=1S/C18H26N4O.ClH/c1-18(2,3)17-21-14-11-13(5-6-15(14)22(17)4)20-16(23)12-7-9-19-10-8-12;/h5-6,11-12,19H,7-10H2,1-4H3,(H,20,23);1H. The molecule has 0 saturated carbocycles. The van der Waals surface area contributed by atoms with Crippen LogP contribution in [0.5, 0.6) is 0 Å². The van der Waals surface area contributed by atoms with Gasteiger partial charge in [0.15, 0.2) is 0 Å². The van der Waals surface area contributed by atoms with Gasteiger partial charge < -0.3 is 15.2 Å². The minimum absolute atomic E-state index is 0. The van der Waals surface area contributed by atoms with Gasteiger partial charge in [-0.3, -0.25) is 4.79 Å². The number of benzene rings is 1. The van der Waals surface area contributed by atoms with Crippen molar-refractivity contribution < 1.29 is 4.79 Å². The zero-order chi connectivity index (χ0) is 16.6. The van der Waals surface area contributed by atoms with Crippen LogP contribution < -0.4 is 10.6 Å². The number of carbonyl (C=O) groups is 1. The minimum atomic E-state index is -0.00766. The molecule has 24 heavy (non-hydrogen) atoms. The molecule has 0 radical (unpaired) electrons.